The molecule has 2 aromatic rings. The highest BCUT2D eigenvalue weighted by atomic mass is 15.2. The van der Waals surface area contributed by atoms with E-state index in [1.807, 2.05) is 31.2 Å². The van der Waals surface area contributed by atoms with Crippen LogP contribution in [0.15, 0.2) is 36.7 Å². The maximum Gasteiger partial charge on any atom is 0.132 e. The second kappa shape index (κ2) is 6.18. The number of nitrogen functional groups attached to an aromatic ring is 1. The zero-order valence-electron chi connectivity index (χ0n) is 11.5. The lowest BCUT2D eigenvalue weighted by molar-refractivity contribution is 0.751. The molecule has 0 saturated carbocycles. The van der Waals surface area contributed by atoms with E-state index in [-0.39, 0.29) is 0 Å². The highest BCUT2D eigenvalue weighted by Gasteiger charge is 2.08. The first kappa shape index (κ1) is 13.3. The first-order valence-electron chi connectivity index (χ1n) is 6.57. The first-order chi connectivity index (χ1) is 9.19. The Morgan fingerprint density at radius 1 is 1.21 bits per heavy atom. The summed E-state index contributed by atoms with van der Waals surface area (Å²) in [4.78, 5) is 10.8. The van der Waals surface area contributed by atoms with Crippen LogP contribution in [-0.4, -0.2) is 16.5 Å². The van der Waals surface area contributed by atoms with Crippen molar-refractivity contribution in [1.29, 1.82) is 0 Å². The van der Waals surface area contributed by atoms with Gasteiger partial charge in [0.05, 0.1) is 0 Å². The minimum Gasteiger partial charge on any atom is -0.399 e. The van der Waals surface area contributed by atoms with Gasteiger partial charge >= 0.3 is 0 Å². The van der Waals surface area contributed by atoms with E-state index in [0.717, 1.165) is 36.7 Å². The number of nitrogens with zero attached hydrogens (tertiary/aromatic N) is 3. The van der Waals surface area contributed by atoms with Gasteiger partial charge in [0.1, 0.15) is 12.1 Å². The van der Waals surface area contributed by atoms with Crippen LogP contribution >= 0.6 is 0 Å². The number of aromatic nitrogens is 2. The molecule has 0 amide bonds. The monoisotopic (exact) mass is 256 g/mol. The largest absolute Gasteiger partial charge is 0.399 e. The van der Waals surface area contributed by atoms with E-state index in [2.05, 4.69) is 27.9 Å². The topological polar surface area (TPSA) is 55.0 Å². The molecular formula is C15H20N4. The summed E-state index contributed by atoms with van der Waals surface area (Å²) in [6.45, 7) is 5.93. The molecule has 1 aromatic carbocycles. The third-order valence-corrected chi connectivity index (χ3v) is 2.93. The molecule has 0 bridgehead atoms. The summed E-state index contributed by atoms with van der Waals surface area (Å²) >= 11 is 0. The SMILES string of the molecule is CCCN(Cc1cccc(N)c1)c1cc(C)ncn1. The fourth-order valence-corrected chi connectivity index (χ4v) is 2.07. The normalized spacial score (nSPS) is 10.4. The Morgan fingerprint density at radius 3 is 2.74 bits per heavy atom. The Kier molecular flexibility index (Phi) is 4.34. The number of benzene rings is 1. The van der Waals surface area contributed by atoms with Crippen molar-refractivity contribution in [3.05, 3.63) is 47.9 Å². The molecule has 0 aliphatic heterocycles. The average molecular weight is 256 g/mol. The standard InChI is InChI=1S/C15H20N4/c1-3-7-19(15-8-12(2)17-11-18-15)10-13-5-4-6-14(16)9-13/h4-6,8-9,11H,3,7,10,16H2,1-2H3. The molecule has 2 N–H and O–H groups in total. The number of hydrogen-bond acceptors (Lipinski definition) is 4. The van der Waals surface area contributed by atoms with Crippen LogP contribution < -0.4 is 10.6 Å². The smallest absolute Gasteiger partial charge is 0.132 e. The summed E-state index contributed by atoms with van der Waals surface area (Å²) < 4.78 is 0. The van der Waals surface area contributed by atoms with Crippen molar-refractivity contribution in [3.8, 4) is 0 Å². The maximum absolute atomic E-state index is 5.83. The van der Waals surface area contributed by atoms with E-state index in [9.17, 15) is 0 Å². The molecule has 1 heterocycles. The lowest BCUT2D eigenvalue weighted by Gasteiger charge is -2.23. The number of rotatable bonds is 5. The summed E-state index contributed by atoms with van der Waals surface area (Å²) in [5.74, 6) is 0.969. The number of hydrogen-bond donors (Lipinski definition) is 1. The lowest BCUT2D eigenvalue weighted by atomic mass is 10.2. The van der Waals surface area contributed by atoms with E-state index >= 15 is 0 Å². The van der Waals surface area contributed by atoms with Gasteiger partial charge in [-0.25, -0.2) is 9.97 Å². The molecule has 4 heteroatoms. The zero-order chi connectivity index (χ0) is 13.7. The van der Waals surface area contributed by atoms with Crippen molar-refractivity contribution in [3.63, 3.8) is 0 Å². The molecule has 0 atom stereocenters. The minimum absolute atomic E-state index is 0.799. The number of aryl methyl sites for hydroxylation is 1. The highest BCUT2D eigenvalue weighted by molar-refractivity contribution is 5.44. The molecule has 4 nitrogen and oxygen atoms in total. The zero-order valence-corrected chi connectivity index (χ0v) is 11.5. The van der Waals surface area contributed by atoms with E-state index in [4.69, 9.17) is 5.73 Å². The third kappa shape index (κ3) is 3.68. The first-order valence-corrected chi connectivity index (χ1v) is 6.57. The van der Waals surface area contributed by atoms with Gasteiger partial charge in [0.15, 0.2) is 0 Å². The second-order valence-electron chi connectivity index (χ2n) is 4.68. The molecule has 0 unspecified atom stereocenters. The van der Waals surface area contributed by atoms with Crippen molar-refractivity contribution in [2.45, 2.75) is 26.8 Å². The molecule has 0 spiro atoms. The van der Waals surface area contributed by atoms with Crippen LogP contribution in [-0.2, 0) is 6.54 Å². The molecule has 1 aromatic heterocycles. The Balaban J connectivity index is 2.21. The van der Waals surface area contributed by atoms with E-state index in [1.54, 1.807) is 6.33 Å². The fraction of sp³-hybridized carbons (Fsp3) is 0.333. The minimum atomic E-state index is 0.799. The Bertz CT molecular complexity index is 539. The van der Waals surface area contributed by atoms with Gasteiger partial charge in [0.2, 0.25) is 0 Å². The van der Waals surface area contributed by atoms with Crippen molar-refractivity contribution in [1.82, 2.24) is 9.97 Å². The van der Waals surface area contributed by atoms with Gasteiger partial charge in [0, 0.05) is 30.5 Å². The van der Waals surface area contributed by atoms with Gasteiger partial charge in [-0.1, -0.05) is 19.1 Å². The summed E-state index contributed by atoms with van der Waals surface area (Å²) in [5, 5.41) is 0. The van der Waals surface area contributed by atoms with Crippen LogP contribution in [0.1, 0.15) is 24.6 Å². The molecule has 100 valence electrons. The molecular weight excluding hydrogens is 236 g/mol. The predicted molar refractivity (Wildman–Crippen MR) is 79.0 cm³/mol. The highest BCUT2D eigenvalue weighted by Crippen LogP contribution is 2.16. The fourth-order valence-electron chi connectivity index (χ4n) is 2.07. The molecule has 2 rings (SSSR count). The Labute approximate surface area is 114 Å². The summed E-state index contributed by atoms with van der Waals surface area (Å²) in [7, 11) is 0. The number of anilines is 2. The van der Waals surface area contributed by atoms with E-state index < -0.39 is 0 Å². The van der Waals surface area contributed by atoms with Gasteiger partial charge in [-0.3, -0.25) is 0 Å². The van der Waals surface area contributed by atoms with E-state index in [0.29, 0.717) is 0 Å². The Morgan fingerprint density at radius 2 is 2.05 bits per heavy atom. The van der Waals surface area contributed by atoms with Crippen LogP contribution in [0.3, 0.4) is 0 Å². The molecule has 0 aliphatic rings. The maximum atomic E-state index is 5.83. The van der Waals surface area contributed by atoms with Crippen LogP contribution in [0, 0.1) is 6.92 Å². The summed E-state index contributed by atoms with van der Waals surface area (Å²) in [6.07, 6.45) is 2.69. The number of nitrogens with two attached hydrogens (primary N) is 1. The quantitative estimate of drug-likeness (QED) is 0.836. The van der Waals surface area contributed by atoms with Gasteiger partial charge in [-0.2, -0.15) is 0 Å². The lowest BCUT2D eigenvalue weighted by Crippen LogP contribution is -2.24. The molecule has 0 fully saturated rings. The van der Waals surface area contributed by atoms with Crippen molar-refractivity contribution in [2.75, 3.05) is 17.2 Å². The average Bonchev–Trinajstić information content (AvgIpc) is 2.38. The van der Waals surface area contributed by atoms with Crippen LogP contribution in [0.4, 0.5) is 11.5 Å². The summed E-state index contributed by atoms with van der Waals surface area (Å²) in [5.41, 5.74) is 8.81. The van der Waals surface area contributed by atoms with Crippen LogP contribution in [0.5, 0.6) is 0 Å². The second-order valence-corrected chi connectivity index (χ2v) is 4.68. The Hall–Kier alpha value is -2.10. The van der Waals surface area contributed by atoms with Crippen molar-refractivity contribution < 1.29 is 0 Å². The van der Waals surface area contributed by atoms with Crippen LogP contribution in [0.25, 0.3) is 0 Å². The van der Waals surface area contributed by atoms with Gasteiger partial charge in [-0.15, -0.1) is 0 Å². The van der Waals surface area contributed by atoms with Gasteiger partial charge < -0.3 is 10.6 Å². The summed E-state index contributed by atoms with van der Waals surface area (Å²) in [6, 6.07) is 10.0. The van der Waals surface area contributed by atoms with E-state index in [1.165, 1.54) is 5.56 Å². The van der Waals surface area contributed by atoms with Crippen molar-refractivity contribution >= 4 is 11.5 Å². The van der Waals surface area contributed by atoms with Crippen LogP contribution in [0.2, 0.25) is 0 Å². The molecule has 0 radical (unpaired) electrons. The molecule has 19 heavy (non-hydrogen) atoms. The molecule has 0 saturated heterocycles. The van der Waals surface area contributed by atoms with Gasteiger partial charge in [0.25, 0.3) is 0 Å². The predicted octanol–water partition coefficient (Wildman–Crippen LogP) is 2.78. The van der Waals surface area contributed by atoms with Crippen molar-refractivity contribution in [2.24, 2.45) is 0 Å². The molecule has 0 aliphatic carbocycles. The van der Waals surface area contributed by atoms with Gasteiger partial charge in [-0.05, 0) is 31.0 Å². The third-order valence-electron chi connectivity index (χ3n) is 2.93.